The van der Waals surface area contributed by atoms with Gasteiger partial charge in [0.25, 0.3) is 0 Å². The fraction of sp³-hybridized carbons (Fsp3) is 0.889. The maximum absolute atomic E-state index is 11.6. The van der Waals surface area contributed by atoms with Crippen molar-refractivity contribution < 1.29 is 13.2 Å². The molecule has 1 amide bonds. The van der Waals surface area contributed by atoms with E-state index >= 15 is 0 Å². The number of sulfone groups is 1. The zero-order valence-corrected chi connectivity index (χ0v) is 10.6. The Bertz CT molecular complexity index is 337. The molecule has 0 aromatic heterocycles. The summed E-state index contributed by atoms with van der Waals surface area (Å²) in [6.07, 6.45) is 0.521. The summed E-state index contributed by atoms with van der Waals surface area (Å²) >= 11 is 4.17. The molecule has 1 rings (SSSR count). The second-order valence-corrected chi connectivity index (χ2v) is 7.08. The van der Waals surface area contributed by atoms with Crippen molar-refractivity contribution in [3.63, 3.8) is 0 Å². The Morgan fingerprint density at radius 1 is 1.47 bits per heavy atom. The maximum atomic E-state index is 11.6. The molecule has 1 aliphatic rings. The molecule has 4 nitrogen and oxygen atoms in total. The highest BCUT2D eigenvalue weighted by Gasteiger charge is 2.30. The van der Waals surface area contributed by atoms with Gasteiger partial charge in [0.1, 0.15) is 0 Å². The van der Waals surface area contributed by atoms with Crippen molar-refractivity contribution in [3.8, 4) is 0 Å². The van der Waals surface area contributed by atoms with Gasteiger partial charge in [0.2, 0.25) is 5.91 Å². The number of thiol groups is 1. The van der Waals surface area contributed by atoms with Crippen LogP contribution in [0.3, 0.4) is 0 Å². The van der Waals surface area contributed by atoms with E-state index in [1.165, 1.54) is 0 Å². The van der Waals surface area contributed by atoms with Gasteiger partial charge in [-0.15, -0.1) is 0 Å². The standard InChI is InChI=1S/C9H17NO3S2/c1-6(2)8(14)9(11)10-7-3-4-15(12,13)5-7/h6-8,14H,3-5H2,1-2H3,(H,10,11). The molecule has 1 saturated heterocycles. The van der Waals surface area contributed by atoms with Crippen LogP contribution in [-0.4, -0.2) is 37.1 Å². The summed E-state index contributed by atoms with van der Waals surface area (Å²) in [5, 5.41) is 2.35. The maximum Gasteiger partial charge on any atom is 0.233 e. The highest BCUT2D eigenvalue weighted by molar-refractivity contribution is 7.91. The SMILES string of the molecule is CC(C)C(S)C(=O)NC1CCS(=O)(=O)C1. The first kappa shape index (κ1) is 12.8. The average Bonchev–Trinajstić information content (AvgIpc) is 2.43. The number of nitrogens with one attached hydrogen (secondary N) is 1. The third kappa shape index (κ3) is 3.68. The van der Waals surface area contributed by atoms with Crippen LogP contribution >= 0.6 is 12.6 Å². The van der Waals surface area contributed by atoms with E-state index in [-0.39, 0.29) is 34.6 Å². The van der Waals surface area contributed by atoms with Crippen molar-refractivity contribution in [3.05, 3.63) is 0 Å². The Kier molecular flexibility index (Phi) is 4.06. The van der Waals surface area contributed by atoms with Gasteiger partial charge >= 0.3 is 0 Å². The number of amides is 1. The molecule has 6 heteroatoms. The summed E-state index contributed by atoms with van der Waals surface area (Å²) in [5.74, 6) is 0.218. The molecule has 0 bridgehead atoms. The van der Waals surface area contributed by atoms with Crippen LogP contribution in [0.15, 0.2) is 0 Å². The molecule has 1 heterocycles. The third-order valence-corrected chi connectivity index (χ3v) is 5.08. The van der Waals surface area contributed by atoms with Gasteiger partial charge in [-0.25, -0.2) is 8.42 Å². The predicted octanol–water partition coefficient (Wildman–Crippen LogP) is 0.244. The van der Waals surface area contributed by atoms with Crippen LogP contribution in [-0.2, 0) is 14.6 Å². The summed E-state index contributed by atoms with van der Waals surface area (Å²) in [6.45, 7) is 3.81. The molecular weight excluding hydrogens is 234 g/mol. The topological polar surface area (TPSA) is 63.2 Å². The van der Waals surface area contributed by atoms with Gasteiger partial charge in [-0.2, -0.15) is 12.6 Å². The fourth-order valence-electron chi connectivity index (χ4n) is 1.50. The predicted molar refractivity (Wildman–Crippen MR) is 62.8 cm³/mol. The van der Waals surface area contributed by atoms with Crippen molar-refractivity contribution in [2.45, 2.75) is 31.6 Å². The summed E-state index contributed by atoms with van der Waals surface area (Å²) in [4.78, 5) is 11.6. The van der Waals surface area contributed by atoms with E-state index in [2.05, 4.69) is 17.9 Å². The van der Waals surface area contributed by atoms with Crippen LogP contribution < -0.4 is 5.32 Å². The van der Waals surface area contributed by atoms with Crippen molar-refractivity contribution in [1.82, 2.24) is 5.32 Å². The molecule has 0 radical (unpaired) electrons. The average molecular weight is 251 g/mol. The number of carbonyl (C=O) groups is 1. The summed E-state index contributed by atoms with van der Waals surface area (Å²) < 4.78 is 22.3. The molecule has 0 spiro atoms. The molecule has 2 atom stereocenters. The van der Waals surface area contributed by atoms with E-state index in [1.807, 2.05) is 13.8 Å². The number of rotatable bonds is 3. The normalized spacial score (nSPS) is 26.5. The van der Waals surface area contributed by atoms with Gasteiger partial charge in [0, 0.05) is 6.04 Å². The largest absolute Gasteiger partial charge is 0.351 e. The van der Waals surface area contributed by atoms with Crippen molar-refractivity contribution in [2.24, 2.45) is 5.92 Å². The molecule has 0 aliphatic carbocycles. The Balaban J connectivity index is 2.47. The number of carbonyl (C=O) groups excluding carboxylic acids is 1. The van der Waals surface area contributed by atoms with E-state index in [4.69, 9.17) is 0 Å². The molecule has 0 saturated carbocycles. The van der Waals surface area contributed by atoms with Gasteiger partial charge in [0.15, 0.2) is 9.84 Å². The van der Waals surface area contributed by atoms with Crippen LogP contribution in [0.1, 0.15) is 20.3 Å². The molecular formula is C9H17NO3S2. The molecule has 0 aromatic rings. The smallest absolute Gasteiger partial charge is 0.233 e. The van der Waals surface area contributed by atoms with Crippen molar-refractivity contribution >= 4 is 28.4 Å². The lowest BCUT2D eigenvalue weighted by Gasteiger charge is -2.17. The molecule has 1 fully saturated rings. The lowest BCUT2D eigenvalue weighted by molar-refractivity contribution is -0.121. The second kappa shape index (κ2) is 4.74. The number of hydrogen-bond donors (Lipinski definition) is 2. The Hall–Kier alpha value is -0.230. The monoisotopic (exact) mass is 251 g/mol. The molecule has 88 valence electrons. The summed E-state index contributed by atoms with van der Waals surface area (Å²) in [5.41, 5.74) is 0. The minimum atomic E-state index is -2.93. The van der Waals surface area contributed by atoms with Gasteiger partial charge in [-0.05, 0) is 12.3 Å². The lowest BCUT2D eigenvalue weighted by atomic mass is 10.1. The van der Waals surface area contributed by atoms with E-state index in [1.54, 1.807) is 0 Å². The zero-order valence-electron chi connectivity index (χ0n) is 8.93. The second-order valence-electron chi connectivity index (χ2n) is 4.30. The van der Waals surface area contributed by atoms with Crippen molar-refractivity contribution in [1.29, 1.82) is 0 Å². The summed E-state index contributed by atoms with van der Waals surface area (Å²) in [6, 6.07) is -0.226. The van der Waals surface area contributed by atoms with Gasteiger partial charge in [-0.3, -0.25) is 4.79 Å². The lowest BCUT2D eigenvalue weighted by Crippen LogP contribution is -2.41. The highest BCUT2D eigenvalue weighted by atomic mass is 32.2. The zero-order chi connectivity index (χ0) is 11.6. The van der Waals surface area contributed by atoms with Gasteiger partial charge < -0.3 is 5.32 Å². The third-order valence-electron chi connectivity index (χ3n) is 2.48. The molecule has 0 aromatic carbocycles. The van der Waals surface area contributed by atoms with Crippen LogP contribution in [0.4, 0.5) is 0 Å². The first-order chi connectivity index (χ1) is 6.82. The van der Waals surface area contributed by atoms with Gasteiger partial charge in [0.05, 0.1) is 16.8 Å². The minimum absolute atomic E-state index is 0.0668. The Morgan fingerprint density at radius 3 is 2.47 bits per heavy atom. The Labute approximate surface area is 96.1 Å². The van der Waals surface area contributed by atoms with Crippen molar-refractivity contribution in [2.75, 3.05) is 11.5 Å². The van der Waals surface area contributed by atoms with Crippen LogP contribution in [0.5, 0.6) is 0 Å². The summed E-state index contributed by atoms with van der Waals surface area (Å²) in [7, 11) is -2.93. The molecule has 15 heavy (non-hydrogen) atoms. The van der Waals surface area contributed by atoms with E-state index in [0.717, 1.165) is 0 Å². The highest BCUT2D eigenvalue weighted by Crippen LogP contribution is 2.14. The van der Waals surface area contributed by atoms with Crippen LogP contribution in [0, 0.1) is 5.92 Å². The van der Waals surface area contributed by atoms with E-state index < -0.39 is 9.84 Å². The molecule has 2 unspecified atom stereocenters. The first-order valence-electron chi connectivity index (χ1n) is 5.00. The number of hydrogen-bond acceptors (Lipinski definition) is 4. The fourth-order valence-corrected chi connectivity index (χ4v) is 3.25. The quantitative estimate of drug-likeness (QED) is 0.707. The van der Waals surface area contributed by atoms with Gasteiger partial charge in [-0.1, -0.05) is 13.8 Å². The van der Waals surface area contributed by atoms with E-state index in [0.29, 0.717) is 6.42 Å². The van der Waals surface area contributed by atoms with Crippen LogP contribution in [0.25, 0.3) is 0 Å². The Morgan fingerprint density at radius 2 is 2.07 bits per heavy atom. The minimum Gasteiger partial charge on any atom is -0.351 e. The van der Waals surface area contributed by atoms with E-state index in [9.17, 15) is 13.2 Å². The first-order valence-corrected chi connectivity index (χ1v) is 7.34. The van der Waals surface area contributed by atoms with Crippen LogP contribution in [0.2, 0.25) is 0 Å². The molecule has 1 N–H and O–H groups in total. The molecule has 1 aliphatic heterocycles.